The van der Waals surface area contributed by atoms with Crippen LogP contribution in [0, 0.1) is 0 Å². The molecule has 0 atom stereocenters. The second kappa shape index (κ2) is 8.87. The first kappa shape index (κ1) is 20.3. The zero-order valence-corrected chi connectivity index (χ0v) is 20.4. The predicted octanol–water partition coefficient (Wildman–Crippen LogP) is 6.98. The molecule has 0 radical (unpaired) electrons. The number of hydrogen-bond donors (Lipinski definition) is 0. The first-order valence-corrected chi connectivity index (χ1v) is 13.5. The molecule has 0 saturated heterocycles. The van der Waals surface area contributed by atoms with Gasteiger partial charge in [-0.1, -0.05) is 0 Å². The Morgan fingerprint density at radius 2 is 0.758 bits per heavy atom. The molecule has 0 amide bonds. The Kier molecular flexibility index (Phi) is 5.45. The molecular formula is C32H22Te. The van der Waals surface area contributed by atoms with Gasteiger partial charge in [-0.3, -0.25) is 0 Å². The van der Waals surface area contributed by atoms with Crippen LogP contribution in [-0.4, -0.2) is 20.9 Å². The van der Waals surface area contributed by atoms with Crippen LogP contribution in [0.25, 0.3) is 43.8 Å². The molecule has 0 aliphatic heterocycles. The topological polar surface area (TPSA) is 0 Å². The van der Waals surface area contributed by atoms with Crippen LogP contribution in [0.3, 0.4) is 0 Å². The second-order valence-electron chi connectivity index (χ2n) is 8.15. The Morgan fingerprint density at radius 3 is 1.33 bits per heavy atom. The van der Waals surface area contributed by atoms with E-state index in [4.69, 9.17) is 0 Å². The number of hydrogen-bond acceptors (Lipinski definition) is 0. The maximum absolute atomic E-state index is 2.32. The molecule has 0 nitrogen and oxygen atoms in total. The van der Waals surface area contributed by atoms with E-state index in [1.165, 1.54) is 51.0 Å². The third-order valence-electron chi connectivity index (χ3n) is 6.14. The van der Waals surface area contributed by atoms with E-state index in [0.717, 1.165) is 0 Å². The molecule has 0 aliphatic rings. The molecule has 0 fully saturated rings. The monoisotopic (exact) mass is 536 g/mol. The zero-order valence-electron chi connectivity index (χ0n) is 18.1. The molecule has 0 aromatic heterocycles. The van der Waals surface area contributed by atoms with Crippen molar-refractivity contribution in [3.63, 3.8) is 0 Å². The molecule has 0 unspecified atom stereocenters. The van der Waals surface area contributed by atoms with Gasteiger partial charge in [0.1, 0.15) is 0 Å². The molecule has 33 heavy (non-hydrogen) atoms. The summed E-state index contributed by atoms with van der Waals surface area (Å²) in [6, 6.07) is 48.7. The first-order valence-electron chi connectivity index (χ1n) is 11.2. The summed E-state index contributed by atoms with van der Waals surface area (Å²) in [5, 5.41) is 5.21. The van der Waals surface area contributed by atoms with Crippen molar-refractivity contribution in [2.24, 2.45) is 0 Å². The summed E-state index contributed by atoms with van der Waals surface area (Å²) in [7, 11) is 0. The molecule has 0 spiro atoms. The Balaban J connectivity index is 1.65. The van der Waals surface area contributed by atoms with E-state index >= 15 is 0 Å². The first-order chi connectivity index (χ1) is 16.4. The van der Waals surface area contributed by atoms with Gasteiger partial charge < -0.3 is 0 Å². The van der Waals surface area contributed by atoms with Crippen LogP contribution in [0.5, 0.6) is 0 Å². The molecule has 6 aromatic carbocycles. The van der Waals surface area contributed by atoms with Crippen molar-refractivity contribution in [3.8, 4) is 22.3 Å². The van der Waals surface area contributed by atoms with Crippen LogP contribution < -0.4 is 7.22 Å². The van der Waals surface area contributed by atoms with Gasteiger partial charge in [-0.2, -0.15) is 0 Å². The third kappa shape index (κ3) is 3.85. The van der Waals surface area contributed by atoms with Crippen LogP contribution in [0.1, 0.15) is 0 Å². The number of benzene rings is 6. The van der Waals surface area contributed by atoms with Crippen molar-refractivity contribution in [1.82, 2.24) is 0 Å². The molecule has 0 saturated carbocycles. The van der Waals surface area contributed by atoms with Crippen molar-refractivity contribution in [2.75, 3.05) is 0 Å². The zero-order chi connectivity index (χ0) is 22.0. The van der Waals surface area contributed by atoms with E-state index in [9.17, 15) is 0 Å². The van der Waals surface area contributed by atoms with E-state index in [1.54, 1.807) is 0 Å². The fourth-order valence-corrected chi connectivity index (χ4v) is 7.75. The summed E-state index contributed by atoms with van der Waals surface area (Å²) >= 11 is -0.610. The van der Waals surface area contributed by atoms with E-state index in [2.05, 4.69) is 133 Å². The quantitative estimate of drug-likeness (QED) is 0.214. The molecule has 0 N–H and O–H groups in total. The van der Waals surface area contributed by atoms with Gasteiger partial charge in [0, 0.05) is 0 Å². The normalized spacial score (nSPS) is 11.2. The van der Waals surface area contributed by atoms with E-state index in [0.29, 0.717) is 0 Å². The molecule has 156 valence electrons. The van der Waals surface area contributed by atoms with Crippen LogP contribution in [0.2, 0.25) is 0 Å². The SMILES string of the molecule is c1ccc([Te]c2c(-c3cccc4ccccc34)cccc2-c2cccc3ccccc23)cc1. The van der Waals surface area contributed by atoms with Gasteiger partial charge in [-0.15, -0.1) is 0 Å². The average Bonchev–Trinajstić information content (AvgIpc) is 2.89. The number of rotatable bonds is 4. The van der Waals surface area contributed by atoms with Crippen molar-refractivity contribution in [2.45, 2.75) is 0 Å². The summed E-state index contributed by atoms with van der Waals surface area (Å²) in [5.74, 6) is 0. The fraction of sp³-hybridized carbons (Fsp3) is 0. The van der Waals surface area contributed by atoms with Gasteiger partial charge in [0.05, 0.1) is 0 Å². The van der Waals surface area contributed by atoms with Crippen LogP contribution >= 0.6 is 0 Å². The van der Waals surface area contributed by atoms with Gasteiger partial charge in [0.25, 0.3) is 0 Å². The van der Waals surface area contributed by atoms with Crippen molar-refractivity contribution >= 4 is 49.7 Å². The number of fused-ring (bicyclic) bond motifs is 2. The molecule has 0 heterocycles. The average molecular weight is 534 g/mol. The van der Waals surface area contributed by atoms with Crippen LogP contribution in [0.4, 0.5) is 0 Å². The van der Waals surface area contributed by atoms with Gasteiger partial charge in [0.15, 0.2) is 0 Å². The summed E-state index contributed by atoms with van der Waals surface area (Å²) in [5.41, 5.74) is 5.38. The van der Waals surface area contributed by atoms with E-state index < -0.39 is 20.9 Å². The van der Waals surface area contributed by atoms with E-state index in [1.807, 2.05) is 0 Å². The Morgan fingerprint density at radius 1 is 0.333 bits per heavy atom. The van der Waals surface area contributed by atoms with Gasteiger partial charge >= 0.3 is 205 Å². The minimum atomic E-state index is -0.610. The molecular weight excluding hydrogens is 512 g/mol. The van der Waals surface area contributed by atoms with Crippen molar-refractivity contribution in [1.29, 1.82) is 0 Å². The molecule has 1 heteroatoms. The molecule has 0 bridgehead atoms. The standard InChI is InChI=1S/C32H22Te/c1-2-15-25(16-3-1)33-32-30(28-19-8-13-23-11-4-6-17-26(23)28)21-10-22-31(32)29-20-9-14-24-12-5-7-18-27(24)29/h1-22H. The van der Waals surface area contributed by atoms with Crippen molar-refractivity contribution < 1.29 is 0 Å². The summed E-state index contributed by atoms with van der Waals surface area (Å²) in [4.78, 5) is 0. The molecule has 6 rings (SSSR count). The van der Waals surface area contributed by atoms with Crippen LogP contribution in [0.15, 0.2) is 133 Å². The Hall–Kier alpha value is -3.37. The summed E-state index contributed by atoms with van der Waals surface area (Å²) < 4.78 is 2.96. The Labute approximate surface area is 204 Å². The predicted molar refractivity (Wildman–Crippen MR) is 144 cm³/mol. The van der Waals surface area contributed by atoms with E-state index in [-0.39, 0.29) is 0 Å². The van der Waals surface area contributed by atoms with Gasteiger partial charge in [-0.05, 0) is 0 Å². The Bertz CT molecular complexity index is 1470. The maximum atomic E-state index is 2.32. The van der Waals surface area contributed by atoms with Crippen LogP contribution in [-0.2, 0) is 0 Å². The third-order valence-corrected chi connectivity index (χ3v) is 9.43. The second-order valence-corrected chi connectivity index (χ2v) is 11.2. The van der Waals surface area contributed by atoms with Gasteiger partial charge in [0.2, 0.25) is 0 Å². The minimum absolute atomic E-state index is 0.610. The summed E-state index contributed by atoms with van der Waals surface area (Å²) in [6.45, 7) is 0. The van der Waals surface area contributed by atoms with Crippen molar-refractivity contribution in [3.05, 3.63) is 133 Å². The van der Waals surface area contributed by atoms with Gasteiger partial charge in [-0.25, -0.2) is 0 Å². The summed E-state index contributed by atoms with van der Waals surface area (Å²) in [6.07, 6.45) is 0. The molecule has 6 aromatic rings. The molecule has 0 aliphatic carbocycles. The fourth-order valence-electron chi connectivity index (χ4n) is 4.60.